The van der Waals surface area contributed by atoms with Gasteiger partial charge in [0.05, 0.1) is 11.5 Å². The maximum atomic E-state index is 12.6. The fourth-order valence-corrected chi connectivity index (χ4v) is 2.93. The lowest BCUT2D eigenvalue weighted by atomic mass is 10.1. The highest BCUT2D eigenvalue weighted by Crippen LogP contribution is 2.28. The van der Waals surface area contributed by atoms with E-state index in [4.69, 9.17) is 16.7 Å². The molecule has 1 fully saturated rings. The first-order chi connectivity index (χ1) is 10.0. The molecule has 0 unspecified atom stereocenters. The lowest BCUT2D eigenvalue weighted by Gasteiger charge is -2.28. The number of hydrogen-bond donors (Lipinski definition) is 1. The van der Waals surface area contributed by atoms with Crippen LogP contribution >= 0.6 is 11.6 Å². The molecule has 1 N–H and O–H groups in total. The van der Waals surface area contributed by atoms with Crippen LogP contribution < -0.4 is 0 Å². The zero-order valence-corrected chi connectivity index (χ0v) is 12.3. The number of benzene rings is 1. The van der Waals surface area contributed by atoms with Crippen molar-refractivity contribution in [1.82, 2.24) is 4.90 Å². The summed E-state index contributed by atoms with van der Waals surface area (Å²) in [6.45, 7) is 0.0207. The second-order valence-corrected chi connectivity index (χ2v) is 5.52. The van der Waals surface area contributed by atoms with Gasteiger partial charge >= 0.3 is 0 Å². The highest BCUT2D eigenvalue weighted by atomic mass is 35.5. The van der Waals surface area contributed by atoms with E-state index in [1.165, 1.54) is 18.2 Å². The first-order valence-electron chi connectivity index (χ1n) is 6.90. The molecule has 7 heteroatoms. The van der Waals surface area contributed by atoms with E-state index in [-0.39, 0.29) is 35.5 Å². The summed E-state index contributed by atoms with van der Waals surface area (Å²) in [6, 6.07) is 4.07. The molecule has 0 aromatic heterocycles. The van der Waals surface area contributed by atoms with Crippen molar-refractivity contribution in [3.05, 3.63) is 38.9 Å². The van der Waals surface area contributed by atoms with Crippen LogP contribution in [0.3, 0.4) is 0 Å². The number of halogens is 1. The summed E-state index contributed by atoms with van der Waals surface area (Å²) in [7, 11) is 0. The maximum absolute atomic E-state index is 12.6. The number of rotatable bonds is 5. The second kappa shape index (κ2) is 6.87. The molecule has 1 amide bonds. The molecule has 6 nitrogen and oxygen atoms in total. The number of hydrogen-bond acceptors (Lipinski definition) is 4. The Bertz CT molecular complexity index is 544. The van der Waals surface area contributed by atoms with Gasteiger partial charge in [0, 0.05) is 23.7 Å². The van der Waals surface area contributed by atoms with Gasteiger partial charge in [0.15, 0.2) is 0 Å². The van der Waals surface area contributed by atoms with Crippen molar-refractivity contribution in [1.29, 1.82) is 0 Å². The van der Waals surface area contributed by atoms with E-state index in [9.17, 15) is 14.9 Å². The number of nitro benzene ring substituents is 1. The van der Waals surface area contributed by atoms with E-state index in [1.807, 2.05) is 0 Å². The van der Waals surface area contributed by atoms with Gasteiger partial charge in [-0.15, -0.1) is 0 Å². The van der Waals surface area contributed by atoms with Crippen LogP contribution in [-0.4, -0.2) is 40.0 Å². The standard InChI is InChI=1S/C14H17ClN2O4/c15-10-5-6-12(13(9-10)17(20)21)14(19)16(7-8-18)11-3-1-2-4-11/h5-6,9,11,18H,1-4,7-8H2. The molecule has 114 valence electrons. The fraction of sp³-hybridized carbons (Fsp3) is 0.500. The van der Waals surface area contributed by atoms with E-state index < -0.39 is 10.8 Å². The Balaban J connectivity index is 2.34. The average molecular weight is 313 g/mol. The van der Waals surface area contributed by atoms with Gasteiger partial charge in [0.25, 0.3) is 11.6 Å². The van der Waals surface area contributed by atoms with Crippen LogP contribution in [0.5, 0.6) is 0 Å². The Morgan fingerprint density at radius 2 is 2.10 bits per heavy atom. The predicted octanol–water partition coefficient (Wildman–Crippen LogP) is 2.63. The minimum Gasteiger partial charge on any atom is -0.395 e. The molecule has 1 aliphatic carbocycles. The lowest BCUT2D eigenvalue weighted by Crippen LogP contribution is -2.41. The van der Waals surface area contributed by atoms with Crippen LogP contribution in [0.4, 0.5) is 5.69 Å². The number of nitrogens with zero attached hydrogens (tertiary/aromatic N) is 2. The van der Waals surface area contributed by atoms with Crippen molar-refractivity contribution < 1.29 is 14.8 Å². The number of aliphatic hydroxyl groups excluding tert-OH is 1. The van der Waals surface area contributed by atoms with E-state index in [1.54, 1.807) is 4.90 Å². The molecule has 0 aliphatic heterocycles. The van der Waals surface area contributed by atoms with Crippen molar-refractivity contribution in [2.24, 2.45) is 0 Å². The second-order valence-electron chi connectivity index (χ2n) is 5.08. The van der Waals surface area contributed by atoms with E-state index in [0.29, 0.717) is 0 Å². The lowest BCUT2D eigenvalue weighted by molar-refractivity contribution is -0.385. The molecule has 1 saturated carbocycles. The molecule has 0 radical (unpaired) electrons. The van der Waals surface area contributed by atoms with Gasteiger partial charge < -0.3 is 10.0 Å². The van der Waals surface area contributed by atoms with Gasteiger partial charge in [-0.3, -0.25) is 14.9 Å². The van der Waals surface area contributed by atoms with Crippen LogP contribution in [0.2, 0.25) is 5.02 Å². The van der Waals surface area contributed by atoms with Gasteiger partial charge in [-0.25, -0.2) is 0 Å². The van der Waals surface area contributed by atoms with Crippen LogP contribution in [0.1, 0.15) is 36.0 Å². The predicted molar refractivity (Wildman–Crippen MR) is 78.5 cm³/mol. The van der Waals surface area contributed by atoms with Crippen LogP contribution in [0.25, 0.3) is 0 Å². The summed E-state index contributed by atoms with van der Waals surface area (Å²) < 4.78 is 0. The largest absolute Gasteiger partial charge is 0.395 e. The van der Waals surface area contributed by atoms with Gasteiger partial charge in [-0.1, -0.05) is 24.4 Å². The first-order valence-corrected chi connectivity index (χ1v) is 7.28. The summed E-state index contributed by atoms with van der Waals surface area (Å²) >= 11 is 5.76. The highest BCUT2D eigenvalue weighted by molar-refractivity contribution is 6.31. The summed E-state index contributed by atoms with van der Waals surface area (Å²) in [4.78, 5) is 24.7. The fourth-order valence-electron chi connectivity index (χ4n) is 2.77. The summed E-state index contributed by atoms with van der Waals surface area (Å²) in [5, 5.41) is 20.5. The molecule has 0 bridgehead atoms. The number of nitro groups is 1. The molecule has 2 rings (SSSR count). The molecule has 1 aromatic carbocycles. The van der Waals surface area contributed by atoms with Gasteiger partial charge in [-0.05, 0) is 25.0 Å². The molecule has 0 atom stereocenters. The van der Waals surface area contributed by atoms with Crippen LogP contribution in [0, 0.1) is 10.1 Å². The Kier molecular flexibility index (Phi) is 5.14. The SMILES string of the molecule is O=C(c1ccc(Cl)cc1[N+](=O)[O-])N(CCO)C1CCCC1. The summed E-state index contributed by atoms with van der Waals surface area (Å²) in [5.74, 6) is -0.417. The van der Waals surface area contributed by atoms with E-state index in [0.717, 1.165) is 25.7 Å². The molecular formula is C14H17ClN2O4. The Morgan fingerprint density at radius 1 is 1.43 bits per heavy atom. The molecule has 0 saturated heterocycles. The highest BCUT2D eigenvalue weighted by Gasteiger charge is 2.30. The van der Waals surface area contributed by atoms with Crippen molar-refractivity contribution in [3.8, 4) is 0 Å². The molecule has 1 aliphatic rings. The molecular weight excluding hydrogens is 296 g/mol. The zero-order valence-electron chi connectivity index (χ0n) is 11.5. The minimum atomic E-state index is -0.606. The molecule has 0 spiro atoms. The summed E-state index contributed by atoms with van der Waals surface area (Å²) in [6.07, 6.45) is 3.80. The van der Waals surface area contributed by atoms with Gasteiger partial charge in [-0.2, -0.15) is 0 Å². The van der Waals surface area contributed by atoms with Crippen LogP contribution in [-0.2, 0) is 0 Å². The van der Waals surface area contributed by atoms with Gasteiger partial charge in [0.2, 0.25) is 0 Å². The molecule has 21 heavy (non-hydrogen) atoms. The van der Waals surface area contributed by atoms with Gasteiger partial charge in [0.1, 0.15) is 5.56 Å². The first kappa shape index (κ1) is 15.7. The number of aliphatic hydroxyl groups is 1. The van der Waals surface area contributed by atoms with Crippen molar-refractivity contribution in [2.45, 2.75) is 31.7 Å². The Morgan fingerprint density at radius 3 is 2.67 bits per heavy atom. The van der Waals surface area contributed by atoms with Crippen LogP contribution in [0.15, 0.2) is 18.2 Å². The van der Waals surface area contributed by atoms with E-state index in [2.05, 4.69) is 0 Å². The Hall–Kier alpha value is -1.66. The number of amides is 1. The van der Waals surface area contributed by atoms with Crippen molar-refractivity contribution in [3.63, 3.8) is 0 Å². The monoisotopic (exact) mass is 312 g/mol. The zero-order chi connectivity index (χ0) is 15.4. The smallest absolute Gasteiger partial charge is 0.283 e. The van der Waals surface area contributed by atoms with Crippen molar-refractivity contribution in [2.75, 3.05) is 13.2 Å². The quantitative estimate of drug-likeness (QED) is 0.669. The van der Waals surface area contributed by atoms with Crippen molar-refractivity contribution >= 4 is 23.2 Å². The normalized spacial score (nSPS) is 15.1. The number of carbonyl (C=O) groups is 1. The van der Waals surface area contributed by atoms with E-state index >= 15 is 0 Å². The molecule has 1 aromatic rings. The topological polar surface area (TPSA) is 83.7 Å². The third kappa shape index (κ3) is 3.51. The maximum Gasteiger partial charge on any atom is 0.283 e. The minimum absolute atomic E-state index is 0.0183. The Labute approximate surface area is 127 Å². The molecule has 0 heterocycles. The third-order valence-corrected chi connectivity index (χ3v) is 3.99. The summed E-state index contributed by atoms with van der Waals surface area (Å²) in [5.41, 5.74) is -0.279. The number of carbonyl (C=O) groups excluding carboxylic acids is 1. The average Bonchev–Trinajstić information content (AvgIpc) is 2.97. The third-order valence-electron chi connectivity index (χ3n) is 3.75.